The number of nitrogens with one attached hydrogen (secondary N) is 1. The molecule has 1 amide bonds. The third-order valence-electron chi connectivity index (χ3n) is 4.24. The van der Waals surface area contributed by atoms with Gasteiger partial charge in [0.15, 0.2) is 0 Å². The molecule has 1 rings (SSSR count). The summed E-state index contributed by atoms with van der Waals surface area (Å²) in [5.74, 6) is 1.60. The van der Waals surface area contributed by atoms with Gasteiger partial charge in [-0.2, -0.15) is 0 Å². The summed E-state index contributed by atoms with van der Waals surface area (Å²) >= 11 is 0. The Balaban J connectivity index is 0.00000361. The standard InChI is InChI=1S/C16H32N2O.ClH/c1-13(2)11-16(3,12-17)18-15(19)10-6-9-14-7-4-5-8-14;/h13-14H,4-12,17H2,1-3H3,(H,18,19);1H. The zero-order chi connectivity index (χ0) is 14.3. The maximum atomic E-state index is 12.0. The smallest absolute Gasteiger partial charge is 0.220 e. The van der Waals surface area contributed by atoms with Gasteiger partial charge < -0.3 is 11.1 Å². The van der Waals surface area contributed by atoms with Crippen molar-refractivity contribution in [3.8, 4) is 0 Å². The van der Waals surface area contributed by atoms with Gasteiger partial charge in [0.25, 0.3) is 0 Å². The minimum atomic E-state index is -0.237. The molecule has 4 heteroatoms. The molecule has 1 saturated carbocycles. The summed E-state index contributed by atoms with van der Waals surface area (Å²) in [6.45, 7) is 6.90. The van der Waals surface area contributed by atoms with Crippen molar-refractivity contribution in [1.82, 2.24) is 5.32 Å². The first-order valence-corrected chi connectivity index (χ1v) is 7.96. The van der Waals surface area contributed by atoms with Crippen LogP contribution in [0.1, 0.15) is 72.1 Å². The van der Waals surface area contributed by atoms with Crippen molar-refractivity contribution in [1.29, 1.82) is 0 Å². The highest BCUT2D eigenvalue weighted by Gasteiger charge is 2.25. The number of carbonyl (C=O) groups excluding carboxylic acids is 1. The Morgan fingerprint density at radius 3 is 2.45 bits per heavy atom. The van der Waals surface area contributed by atoms with E-state index in [9.17, 15) is 4.79 Å². The van der Waals surface area contributed by atoms with E-state index in [1.807, 2.05) is 0 Å². The van der Waals surface area contributed by atoms with Crippen molar-refractivity contribution >= 4 is 18.3 Å². The Hall–Kier alpha value is -0.280. The van der Waals surface area contributed by atoms with E-state index in [0.717, 1.165) is 18.8 Å². The van der Waals surface area contributed by atoms with Gasteiger partial charge in [-0.25, -0.2) is 0 Å². The van der Waals surface area contributed by atoms with Crippen LogP contribution in [-0.2, 0) is 4.79 Å². The second-order valence-corrected chi connectivity index (χ2v) is 6.95. The molecule has 3 nitrogen and oxygen atoms in total. The van der Waals surface area contributed by atoms with Crippen LogP contribution in [0, 0.1) is 11.8 Å². The van der Waals surface area contributed by atoms with Crippen LogP contribution in [0.2, 0.25) is 0 Å². The average Bonchev–Trinajstić information content (AvgIpc) is 2.80. The van der Waals surface area contributed by atoms with Gasteiger partial charge in [-0.1, -0.05) is 39.5 Å². The Bertz CT molecular complexity index is 278. The molecule has 0 bridgehead atoms. The van der Waals surface area contributed by atoms with E-state index >= 15 is 0 Å². The maximum absolute atomic E-state index is 12.0. The summed E-state index contributed by atoms with van der Waals surface area (Å²) in [6, 6.07) is 0. The molecule has 0 heterocycles. The topological polar surface area (TPSA) is 55.1 Å². The molecule has 1 aliphatic carbocycles. The molecule has 0 aromatic heterocycles. The molecule has 1 fully saturated rings. The molecule has 0 spiro atoms. The fraction of sp³-hybridized carbons (Fsp3) is 0.938. The Kier molecular flexibility index (Phi) is 9.48. The third-order valence-corrected chi connectivity index (χ3v) is 4.24. The van der Waals surface area contributed by atoms with Crippen molar-refractivity contribution in [3.63, 3.8) is 0 Å². The Morgan fingerprint density at radius 2 is 1.95 bits per heavy atom. The highest BCUT2D eigenvalue weighted by atomic mass is 35.5. The number of carbonyl (C=O) groups is 1. The zero-order valence-corrected chi connectivity index (χ0v) is 14.2. The lowest BCUT2D eigenvalue weighted by Gasteiger charge is -2.31. The number of nitrogens with two attached hydrogens (primary N) is 1. The molecule has 0 aliphatic heterocycles. The molecular weight excluding hydrogens is 272 g/mol. The summed E-state index contributed by atoms with van der Waals surface area (Å²) in [7, 11) is 0. The van der Waals surface area contributed by atoms with E-state index in [0.29, 0.717) is 18.9 Å². The molecule has 0 saturated heterocycles. The van der Waals surface area contributed by atoms with E-state index < -0.39 is 0 Å². The predicted molar refractivity (Wildman–Crippen MR) is 88.1 cm³/mol. The van der Waals surface area contributed by atoms with Crippen LogP contribution in [0.25, 0.3) is 0 Å². The van der Waals surface area contributed by atoms with Crippen LogP contribution in [-0.4, -0.2) is 18.0 Å². The molecule has 1 atom stereocenters. The van der Waals surface area contributed by atoms with Crippen molar-refractivity contribution < 1.29 is 4.79 Å². The quantitative estimate of drug-likeness (QED) is 0.719. The van der Waals surface area contributed by atoms with Gasteiger partial charge in [-0.05, 0) is 38.0 Å². The van der Waals surface area contributed by atoms with E-state index in [2.05, 4.69) is 26.1 Å². The second-order valence-electron chi connectivity index (χ2n) is 6.95. The molecule has 1 aliphatic rings. The number of halogens is 1. The van der Waals surface area contributed by atoms with Crippen LogP contribution < -0.4 is 11.1 Å². The predicted octanol–water partition coefficient (Wildman–Crippen LogP) is 3.65. The first-order valence-electron chi connectivity index (χ1n) is 7.96. The number of amides is 1. The highest BCUT2D eigenvalue weighted by molar-refractivity contribution is 5.85. The minimum Gasteiger partial charge on any atom is -0.350 e. The molecular formula is C16H33ClN2O. The van der Waals surface area contributed by atoms with Gasteiger partial charge in [0.05, 0.1) is 0 Å². The molecule has 0 aromatic rings. The van der Waals surface area contributed by atoms with Crippen molar-refractivity contribution in [3.05, 3.63) is 0 Å². The van der Waals surface area contributed by atoms with Gasteiger partial charge >= 0.3 is 0 Å². The molecule has 0 radical (unpaired) electrons. The first-order chi connectivity index (χ1) is 8.95. The summed E-state index contributed by atoms with van der Waals surface area (Å²) < 4.78 is 0. The second kappa shape index (κ2) is 9.62. The molecule has 120 valence electrons. The summed E-state index contributed by atoms with van der Waals surface area (Å²) in [5, 5.41) is 3.14. The third kappa shape index (κ3) is 7.49. The molecule has 3 N–H and O–H groups in total. The minimum absolute atomic E-state index is 0. The Morgan fingerprint density at radius 1 is 1.35 bits per heavy atom. The van der Waals surface area contributed by atoms with Crippen LogP contribution in [0.15, 0.2) is 0 Å². The number of rotatable bonds is 8. The van der Waals surface area contributed by atoms with E-state index in [-0.39, 0.29) is 23.9 Å². The first kappa shape index (κ1) is 19.7. The monoisotopic (exact) mass is 304 g/mol. The Labute approximate surface area is 130 Å². The van der Waals surface area contributed by atoms with Crippen LogP contribution in [0.4, 0.5) is 0 Å². The van der Waals surface area contributed by atoms with Gasteiger partial charge in [0.1, 0.15) is 0 Å². The average molecular weight is 305 g/mol. The molecule has 1 unspecified atom stereocenters. The lowest BCUT2D eigenvalue weighted by Crippen LogP contribution is -2.52. The van der Waals surface area contributed by atoms with E-state index in [1.54, 1.807) is 0 Å². The fourth-order valence-corrected chi connectivity index (χ4v) is 3.34. The highest BCUT2D eigenvalue weighted by Crippen LogP contribution is 2.28. The number of hydrogen-bond acceptors (Lipinski definition) is 2. The van der Waals surface area contributed by atoms with E-state index in [4.69, 9.17) is 5.73 Å². The van der Waals surface area contributed by atoms with Crippen LogP contribution >= 0.6 is 12.4 Å². The molecule has 20 heavy (non-hydrogen) atoms. The lowest BCUT2D eigenvalue weighted by atomic mass is 9.90. The van der Waals surface area contributed by atoms with Crippen molar-refractivity contribution in [2.75, 3.05) is 6.54 Å². The van der Waals surface area contributed by atoms with Crippen LogP contribution in [0.3, 0.4) is 0 Å². The van der Waals surface area contributed by atoms with Gasteiger partial charge in [0, 0.05) is 18.5 Å². The largest absolute Gasteiger partial charge is 0.350 e. The van der Waals surface area contributed by atoms with E-state index in [1.165, 1.54) is 32.1 Å². The van der Waals surface area contributed by atoms with Gasteiger partial charge in [0.2, 0.25) is 5.91 Å². The molecule has 0 aromatic carbocycles. The van der Waals surface area contributed by atoms with Gasteiger partial charge in [-0.3, -0.25) is 4.79 Å². The zero-order valence-electron chi connectivity index (χ0n) is 13.4. The van der Waals surface area contributed by atoms with Crippen molar-refractivity contribution in [2.45, 2.75) is 77.7 Å². The summed E-state index contributed by atoms with van der Waals surface area (Å²) in [5.41, 5.74) is 5.58. The van der Waals surface area contributed by atoms with Crippen molar-refractivity contribution in [2.24, 2.45) is 17.6 Å². The number of hydrogen-bond donors (Lipinski definition) is 2. The SMILES string of the molecule is CC(C)CC(C)(CN)NC(=O)CCCC1CCCC1.Cl. The van der Waals surface area contributed by atoms with Crippen LogP contribution in [0.5, 0.6) is 0 Å². The summed E-state index contributed by atoms with van der Waals surface area (Å²) in [4.78, 5) is 12.0. The lowest BCUT2D eigenvalue weighted by molar-refractivity contribution is -0.123. The fourth-order valence-electron chi connectivity index (χ4n) is 3.34. The normalized spacial score (nSPS) is 18.6. The maximum Gasteiger partial charge on any atom is 0.220 e. The van der Waals surface area contributed by atoms with Gasteiger partial charge in [-0.15, -0.1) is 12.4 Å². The summed E-state index contributed by atoms with van der Waals surface area (Å²) in [6.07, 6.45) is 9.36.